The largest absolute Gasteiger partial charge is 0.505 e. The molecule has 0 fully saturated rings. The first-order valence-electron chi connectivity index (χ1n) is 8.49. The Morgan fingerprint density at radius 2 is 1.85 bits per heavy atom. The van der Waals surface area contributed by atoms with Crippen LogP contribution in [0.5, 0.6) is 5.75 Å². The molecule has 0 aliphatic rings. The number of nitrogen functional groups attached to an aromatic ring is 1. The predicted octanol–water partition coefficient (Wildman–Crippen LogP) is 5.17. The molecule has 3 rings (SSSR count). The molecule has 3 N–H and O–H groups in total. The number of ketones is 1. The first-order chi connectivity index (χ1) is 12.4. The van der Waals surface area contributed by atoms with Gasteiger partial charge in [-0.05, 0) is 30.7 Å². The summed E-state index contributed by atoms with van der Waals surface area (Å²) in [6.45, 7) is 7.68. The highest BCUT2D eigenvalue weighted by Gasteiger charge is 2.16. The highest BCUT2D eigenvalue weighted by molar-refractivity contribution is 6.30. The summed E-state index contributed by atoms with van der Waals surface area (Å²) in [6.07, 6.45) is 3.59. The predicted molar refractivity (Wildman–Crippen MR) is 107 cm³/mol. The topological polar surface area (TPSA) is 89.1 Å². The highest BCUT2D eigenvalue weighted by Crippen LogP contribution is 2.40. The molecule has 0 unspecified atom stereocenters. The standard InChI is InChI=1S/C18H16ClN3O2.C2H6/c1-3-15(23)14-4-9(2)13(8-21-14)12-5-10-7-22-16(19)6-11(10)18(24)17(12)20;1-2/h4-8,24H,3,20H2,1-2H3;1-2H3. The van der Waals surface area contributed by atoms with Crippen molar-refractivity contribution in [3.8, 4) is 16.9 Å². The number of fused-ring (bicyclic) bond motifs is 1. The van der Waals surface area contributed by atoms with Crippen LogP contribution in [0.1, 0.15) is 43.2 Å². The molecular formula is C20H22ClN3O2. The molecule has 0 aliphatic carbocycles. The van der Waals surface area contributed by atoms with Gasteiger partial charge in [0.2, 0.25) is 0 Å². The van der Waals surface area contributed by atoms with Gasteiger partial charge in [0.25, 0.3) is 0 Å². The first-order valence-corrected chi connectivity index (χ1v) is 8.87. The van der Waals surface area contributed by atoms with Gasteiger partial charge >= 0.3 is 0 Å². The number of aryl methyl sites for hydroxylation is 1. The molecule has 6 heteroatoms. The molecule has 0 spiro atoms. The van der Waals surface area contributed by atoms with Crippen LogP contribution in [-0.4, -0.2) is 20.9 Å². The SMILES string of the molecule is CC.CCC(=O)c1cc(C)c(-c2cc3cnc(Cl)cc3c(O)c2N)cn1. The fourth-order valence-electron chi connectivity index (χ4n) is 2.66. The number of Topliss-reactive ketones (excluding diaryl/α,β-unsaturated/α-hetero) is 1. The molecule has 3 aromatic rings. The van der Waals surface area contributed by atoms with Gasteiger partial charge < -0.3 is 10.8 Å². The van der Waals surface area contributed by atoms with Crippen molar-refractivity contribution in [3.05, 3.63) is 47.0 Å². The minimum Gasteiger partial charge on any atom is -0.505 e. The van der Waals surface area contributed by atoms with Crippen molar-refractivity contribution in [1.82, 2.24) is 9.97 Å². The van der Waals surface area contributed by atoms with E-state index < -0.39 is 0 Å². The number of phenols is 1. The number of aromatic nitrogens is 2. The van der Waals surface area contributed by atoms with Gasteiger partial charge in [-0.25, -0.2) is 4.98 Å². The molecule has 0 saturated carbocycles. The highest BCUT2D eigenvalue weighted by atomic mass is 35.5. The molecule has 0 aliphatic heterocycles. The number of hydrogen-bond acceptors (Lipinski definition) is 5. The fraction of sp³-hybridized carbons (Fsp3) is 0.250. The number of carbonyl (C=O) groups is 1. The second kappa shape index (κ2) is 8.15. The zero-order valence-corrected chi connectivity index (χ0v) is 16.1. The minimum atomic E-state index is -0.0417. The van der Waals surface area contributed by atoms with Crippen LogP contribution in [-0.2, 0) is 0 Å². The molecule has 26 heavy (non-hydrogen) atoms. The fourth-order valence-corrected chi connectivity index (χ4v) is 2.82. The molecule has 0 atom stereocenters. The van der Waals surface area contributed by atoms with Crippen molar-refractivity contribution in [2.75, 3.05) is 5.73 Å². The number of hydrogen-bond donors (Lipinski definition) is 2. The summed E-state index contributed by atoms with van der Waals surface area (Å²) < 4.78 is 0. The summed E-state index contributed by atoms with van der Waals surface area (Å²) in [7, 11) is 0. The van der Waals surface area contributed by atoms with Crippen LogP contribution >= 0.6 is 11.6 Å². The van der Waals surface area contributed by atoms with Gasteiger partial charge in [-0.2, -0.15) is 0 Å². The van der Waals surface area contributed by atoms with E-state index in [1.54, 1.807) is 31.5 Å². The molecule has 0 radical (unpaired) electrons. The number of pyridine rings is 2. The van der Waals surface area contributed by atoms with Gasteiger partial charge in [-0.15, -0.1) is 0 Å². The Balaban J connectivity index is 0.00000117. The van der Waals surface area contributed by atoms with E-state index in [-0.39, 0.29) is 22.4 Å². The van der Waals surface area contributed by atoms with Gasteiger partial charge in [0, 0.05) is 40.7 Å². The number of halogens is 1. The van der Waals surface area contributed by atoms with Crippen LogP contribution in [0.25, 0.3) is 21.9 Å². The summed E-state index contributed by atoms with van der Waals surface area (Å²) in [6, 6.07) is 5.14. The maximum Gasteiger partial charge on any atom is 0.180 e. The van der Waals surface area contributed by atoms with Crippen LogP contribution in [0.15, 0.2) is 30.6 Å². The van der Waals surface area contributed by atoms with E-state index >= 15 is 0 Å². The third-order valence-corrected chi connectivity index (χ3v) is 4.22. The van der Waals surface area contributed by atoms with E-state index in [0.29, 0.717) is 28.5 Å². The molecule has 136 valence electrons. The van der Waals surface area contributed by atoms with E-state index in [1.807, 2.05) is 26.8 Å². The number of rotatable bonds is 3. The van der Waals surface area contributed by atoms with Crippen LogP contribution in [0.2, 0.25) is 5.15 Å². The Hall–Kier alpha value is -2.66. The summed E-state index contributed by atoms with van der Waals surface area (Å²) >= 11 is 5.88. The number of nitrogens with two attached hydrogens (primary N) is 1. The van der Waals surface area contributed by atoms with E-state index in [2.05, 4.69) is 9.97 Å². The van der Waals surface area contributed by atoms with Gasteiger partial charge in [0.05, 0.1) is 5.69 Å². The lowest BCUT2D eigenvalue weighted by atomic mass is 9.96. The van der Waals surface area contributed by atoms with E-state index in [4.69, 9.17) is 17.3 Å². The normalized spacial score (nSPS) is 10.3. The third-order valence-electron chi connectivity index (χ3n) is 4.01. The lowest BCUT2D eigenvalue weighted by molar-refractivity contribution is 0.0983. The molecule has 0 saturated heterocycles. The monoisotopic (exact) mass is 371 g/mol. The maximum absolute atomic E-state index is 11.8. The zero-order valence-electron chi connectivity index (χ0n) is 15.3. The molecule has 0 bridgehead atoms. The second-order valence-corrected chi connectivity index (χ2v) is 5.96. The molecule has 2 heterocycles. The smallest absolute Gasteiger partial charge is 0.180 e. The quantitative estimate of drug-likeness (QED) is 0.287. The Kier molecular flexibility index (Phi) is 6.16. The Bertz CT molecular complexity index is 971. The van der Waals surface area contributed by atoms with E-state index in [0.717, 1.165) is 11.1 Å². The molecule has 5 nitrogen and oxygen atoms in total. The molecule has 2 aromatic heterocycles. The van der Waals surface area contributed by atoms with Crippen molar-refractivity contribution >= 4 is 33.8 Å². The van der Waals surface area contributed by atoms with Crippen molar-refractivity contribution in [2.45, 2.75) is 34.1 Å². The number of aromatic hydroxyl groups is 1. The number of nitrogens with zero attached hydrogens (tertiary/aromatic N) is 2. The number of phenolic OH excluding ortho intramolecular Hbond substituents is 1. The van der Waals surface area contributed by atoms with Gasteiger partial charge in [0.15, 0.2) is 5.78 Å². The maximum atomic E-state index is 11.8. The Morgan fingerprint density at radius 1 is 1.15 bits per heavy atom. The van der Waals surface area contributed by atoms with Gasteiger partial charge in [0.1, 0.15) is 16.6 Å². The third kappa shape index (κ3) is 3.63. The van der Waals surface area contributed by atoms with Crippen LogP contribution in [0.4, 0.5) is 5.69 Å². The lowest BCUT2D eigenvalue weighted by Crippen LogP contribution is -2.02. The van der Waals surface area contributed by atoms with Crippen LogP contribution in [0, 0.1) is 6.92 Å². The van der Waals surface area contributed by atoms with Crippen LogP contribution < -0.4 is 5.73 Å². The lowest BCUT2D eigenvalue weighted by Gasteiger charge is -2.13. The van der Waals surface area contributed by atoms with E-state index in [1.165, 1.54) is 0 Å². The number of benzene rings is 1. The molecular weight excluding hydrogens is 350 g/mol. The second-order valence-electron chi connectivity index (χ2n) is 5.58. The van der Waals surface area contributed by atoms with E-state index in [9.17, 15) is 9.90 Å². The molecule has 0 amide bonds. The summed E-state index contributed by atoms with van der Waals surface area (Å²) in [5, 5.41) is 12.0. The Labute approximate surface area is 157 Å². The summed E-state index contributed by atoms with van der Waals surface area (Å²) in [5.74, 6) is -0.0577. The summed E-state index contributed by atoms with van der Waals surface area (Å²) in [4.78, 5) is 20.1. The number of carbonyl (C=O) groups excluding carboxylic acids is 1. The zero-order chi connectivity index (χ0) is 19.4. The van der Waals surface area contributed by atoms with Crippen molar-refractivity contribution in [2.24, 2.45) is 0 Å². The number of anilines is 1. The Morgan fingerprint density at radius 3 is 2.46 bits per heavy atom. The molecule has 1 aromatic carbocycles. The average molecular weight is 372 g/mol. The summed E-state index contributed by atoms with van der Waals surface area (Å²) in [5.41, 5.74) is 9.04. The van der Waals surface area contributed by atoms with Crippen molar-refractivity contribution in [1.29, 1.82) is 0 Å². The van der Waals surface area contributed by atoms with Gasteiger partial charge in [-0.3, -0.25) is 9.78 Å². The first kappa shape index (κ1) is 19.7. The van der Waals surface area contributed by atoms with Crippen molar-refractivity contribution < 1.29 is 9.90 Å². The average Bonchev–Trinajstić information content (AvgIpc) is 2.66. The van der Waals surface area contributed by atoms with Crippen LogP contribution in [0.3, 0.4) is 0 Å². The minimum absolute atomic E-state index is 0.0159. The van der Waals surface area contributed by atoms with Gasteiger partial charge in [-0.1, -0.05) is 32.4 Å². The van der Waals surface area contributed by atoms with Crippen molar-refractivity contribution in [3.63, 3.8) is 0 Å².